The minimum Gasteiger partial charge on any atom is -0.345 e. The Kier molecular flexibility index (Phi) is 5.69. The summed E-state index contributed by atoms with van der Waals surface area (Å²) >= 11 is 6.24. The minimum absolute atomic E-state index is 0.110. The van der Waals surface area contributed by atoms with Crippen LogP contribution in [0.5, 0.6) is 0 Å². The second-order valence-corrected chi connectivity index (χ2v) is 10.2. The van der Waals surface area contributed by atoms with Crippen LogP contribution in [0.2, 0.25) is 5.02 Å². The van der Waals surface area contributed by atoms with Gasteiger partial charge in [0.05, 0.1) is 21.5 Å². The van der Waals surface area contributed by atoms with Crippen LogP contribution in [0.4, 0.5) is 0 Å². The lowest BCUT2D eigenvalue weighted by molar-refractivity contribution is 0.0940. The maximum atomic E-state index is 12.9. The van der Waals surface area contributed by atoms with E-state index >= 15 is 0 Å². The van der Waals surface area contributed by atoms with Crippen molar-refractivity contribution in [1.82, 2.24) is 9.62 Å². The van der Waals surface area contributed by atoms with Crippen molar-refractivity contribution < 1.29 is 13.2 Å². The van der Waals surface area contributed by atoms with Crippen LogP contribution in [-0.4, -0.2) is 31.7 Å². The van der Waals surface area contributed by atoms with Crippen LogP contribution in [0.25, 0.3) is 0 Å². The van der Waals surface area contributed by atoms with E-state index in [2.05, 4.69) is 17.4 Å². The molecule has 0 bridgehead atoms. The minimum atomic E-state index is -3.60. The first-order chi connectivity index (χ1) is 13.9. The Hall–Kier alpha value is -1.89. The molecule has 1 amide bonds. The maximum absolute atomic E-state index is 12.9. The normalized spacial score (nSPS) is 17.9. The number of nitrogens with one attached hydrogen (secondary N) is 1. The molecular formula is C22H25ClN2O3S. The van der Waals surface area contributed by atoms with Gasteiger partial charge in [0.15, 0.2) is 0 Å². The molecule has 1 atom stereocenters. The molecule has 4 rings (SSSR count). The number of amides is 1. The lowest BCUT2D eigenvalue weighted by Crippen LogP contribution is -2.29. The van der Waals surface area contributed by atoms with Gasteiger partial charge < -0.3 is 5.32 Å². The number of rotatable bonds is 5. The number of aryl methyl sites for hydroxylation is 2. The summed E-state index contributed by atoms with van der Waals surface area (Å²) < 4.78 is 27.1. The summed E-state index contributed by atoms with van der Waals surface area (Å²) in [7, 11) is -3.60. The van der Waals surface area contributed by atoms with E-state index in [1.54, 1.807) is 0 Å². The zero-order valence-corrected chi connectivity index (χ0v) is 18.0. The molecule has 0 saturated carbocycles. The zero-order chi connectivity index (χ0) is 20.6. The highest BCUT2D eigenvalue weighted by molar-refractivity contribution is 7.89. The Morgan fingerprint density at radius 1 is 1.03 bits per heavy atom. The number of fused-ring (bicyclic) bond motifs is 1. The molecule has 1 fully saturated rings. The summed E-state index contributed by atoms with van der Waals surface area (Å²) in [6.45, 7) is 2.96. The summed E-state index contributed by atoms with van der Waals surface area (Å²) in [6, 6.07) is 10.5. The Balaban J connectivity index is 1.55. The third-order valence-corrected chi connectivity index (χ3v) is 8.08. The lowest BCUT2D eigenvalue weighted by Gasteiger charge is -2.18. The van der Waals surface area contributed by atoms with Gasteiger partial charge >= 0.3 is 0 Å². The number of carbonyl (C=O) groups excluding carboxylic acids is 1. The van der Waals surface area contributed by atoms with Crippen molar-refractivity contribution in [3.63, 3.8) is 0 Å². The van der Waals surface area contributed by atoms with Crippen molar-refractivity contribution in [3.05, 3.63) is 63.7 Å². The van der Waals surface area contributed by atoms with E-state index in [1.807, 2.05) is 13.0 Å². The molecule has 7 heteroatoms. The molecule has 1 aliphatic carbocycles. The molecule has 2 aliphatic rings. The number of halogens is 1. The third kappa shape index (κ3) is 4.06. The first-order valence-corrected chi connectivity index (χ1v) is 11.9. The Morgan fingerprint density at radius 2 is 1.76 bits per heavy atom. The fourth-order valence-electron chi connectivity index (χ4n) is 4.14. The molecule has 0 aromatic heterocycles. The molecule has 29 heavy (non-hydrogen) atoms. The molecular weight excluding hydrogens is 408 g/mol. The first-order valence-electron chi connectivity index (χ1n) is 10.1. The number of sulfonamides is 1. The van der Waals surface area contributed by atoms with Gasteiger partial charge in [-0.15, -0.1) is 0 Å². The van der Waals surface area contributed by atoms with E-state index in [9.17, 15) is 13.2 Å². The quantitative estimate of drug-likeness (QED) is 0.773. The van der Waals surface area contributed by atoms with Crippen LogP contribution in [0.1, 0.15) is 59.3 Å². The highest BCUT2D eigenvalue weighted by Crippen LogP contribution is 2.27. The molecule has 1 unspecified atom stereocenters. The van der Waals surface area contributed by atoms with E-state index < -0.39 is 10.0 Å². The van der Waals surface area contributed by atoms with Crippen LogP contribution < -0.4 is 5.32 Å². The van der Waals surface area contributed by atoms with Gasteiger partial charge in [-0.3, -0.25) is 4.79 Å². The van der Waals surface area contributed by atoms with Crippen molar-refractivity contribution in [2.45, 2.75) is 50.0 Å². The molecule has 1 N–H and O–H groups in total. The largest absolute Gasteiger partial charge is 0.345 e. The summed E-state index contributed by atoms with van der Waals surface area (Å²) in [6.07, 6.45) is 5.08. The van der Waals surface area contributed by atoms with E-state index in [0.29, 0.717) is 13.1 Å². The highest BCUT2D eigenvalue weighted by Gasteiger charge is 2.28. The second-order valence-electron chi connectivity index (χ2n) is 7.83. The Labute approximate surface area is 177 Å². The second kappa shape index (κ2) is 8.09. The van der Waals surface area contributed by atoms with Gasteiger partial charge in [-0.2, -0.15) is 4.31 Å². The van der Waals surface area contributed by atoms with Gasteiger partial charge in [0.25, 0.3) is 5.91 Å². The van der Waals surface area contributed by atoms with Gasteiger partial charge in [0.2, 0.25) is 10.0 Å². The first kappa shape index (κ1) is 20.4. The van der Waals surface area contributed by atoms with Gasteiger partial charge in [0.1, 0.15) is 0 Å². The van der Waals surface area contributed by atoms with Crippen molar-refractivity contribution in [1.29, 1.82) is 0 Å². The van der Waals surface area contributed by atoms with Crippen molar-refractivity contribution in [3.8, 4) is 0 Å². The predicted octanol–water partition coefficient (Wildman–Crippen LogP) is 4.10. The molecule has 0 spiro atoms. The topological polar surface area (TPSA) is 66.5 Å². The molecule has 2 aromatic carbocycles. The average Bonchev–Trinajstić information content (AvgIpc) is 3.39. The molecule has 0 radical (unpaired) electrons. The molecule has 154 valence electrons. The zero-order valence-electron chi connectivity index (χ0n) is 16.4. The number of nitrogens with zero attached hydrogens (tertiary/aromatic N) is 1. The van der Waals surface area contributed by atoms with Crippen LogP contribution in [0.3, 0.4) is 0 Å². The Morgan fingerprint density at radius 3 is 2.52 bits per heavy atom. The van der Waals surface area contributed by atoms with E-state index in [1.165, 1.54) is 40.1 Å². The molecule has 1 heterocycles. The van der Waals surface area contributed by atoms with E-state index in [0.717, 1.165) is 31.2 Å². The van der Waals surface area contributed by atoms with Crippen molar-refractivity contribution in [2.75, 3.05) is 13.1 Å². The molecule has 1 aliphatic heterocycles. The van der Waals surface area contributed by atoms with Crippen molar-refractivity contribution in [2.24, 2.45) is 0 Å². The third-order valence-electron chi connectivity index (χ3n) is 5.86. The van der Waals surface area contributed by atoms with Crippen LogP contribution in [0.15, 0.2) is 41.3 Å². The van der Waals surface area contributed by atoms with Crippen LogP contribution >= 0.6 is 11.6 Å². The standard InChI is InChI=1S/C22H25ClN2O3S/c1-15(17-8-7-16-5-4-6-18(16)13-17)24-22(26)20-14-19(9-10-21(20)23)29(27,28)25-11-2-3-12-25/h7-10,13-15H,2-6,11-12H2,1H3,(H,24,26). The summed E-state index contributed by atoms with van der Waals surface area (Å²) in [5, 5.41) is 3.20. The number of hydrogen-bond donors (Lipinski definition) is 1. The number of benzene rings is 2. The number of hydrogen-bond acceptors (Lipinski definition) is 3. The fourth-order valence-corrected chi connectivity index (χ4v) is 5.88. The molecule has 2 aromatic rings. The highest BCUT2D eigenvalue weighted by atomic mass is 35.5. The predicted molar refractivity (Wildman–Crippen MR) is 114 cm³/mol. The average molecular weight is 433 g/mol. The van der Waals surface area contributed by atoms with Crippen LogP contribution in [-0.2, 0) is 22.9 Å². The van der Waals surface area contributed by atoms with Crippen molar-refractivity contribution >= 4 is 27.5 Å². The molecule has 1 saturated heterocycles. The van der Waals surface area contributed by atoms with E-state index in [4.69, 9.17) is 11.6 Å². The summed E-state index contributed by atoms with van der Waals surface area (Å²) in [5.41, 5.74) is 3.95. The Bertz CT molecular complexity index is 1050. The van der Waals surface area contributed by atoms with Gasteiger partial charge in [-0.05, 0) is 73.9 Å². The smallest absolute Gasteiger partial charge is 0.253 e. The molecule has 5 nitrogen and oxygen atoms in total. The summed E-state index contributed by atoms with van der Waals surface area (Å²) in [4.78, 5) is 13.0. The fraction of sp³-hybridized carbons (Fsp3) is 0.409. The monoisotopic (exact) mass is 432 g/mol. The van der Waals surface area contributed by atoms with Crippen LogP contribution in [0, 0.1) is 0 Å². The number of carbonyl (C=O) groups is 1. The van der Waals surface area contributed by atoms with Gasteiger partial charge in [-0.25, -0.2) is 8.42 Å². The van der Waals surface area contributed by atoms with E-state index in [-0.39, 0.29) is 27.4 Å². The lowest BCUT2D eigenvalue weighted by atomic mass is 10.0. The van der Waals surface area contributed by atoms with Gasteiger partial charge in [-0.1, -0.05) is 29.8 Å². The van der Waals surface area contributed by atoms with Gasteiger partial charge in [0, 0.05) is 13.1 Å². The SMILES string of the molecule is CC(NC(=O)c1cc(S(=O)(=O)N2CCCC2)ccc1Cl)c1ccc2c(c1)CCC2. The maximum Gasteiger partial charge on any atom is 0.253 e. The summed E-state index contributed by atoms with van der Waals surface area (Å²) in [5.74, 6) is -0.374.